The first-order valence-corrected chi connectivity index (χ1v) is 6.02. The standard InChI is InChI=1S/C15H11F3N2O/c16-15(17,18)12-7-8-13(19-10-12)20-14(21)9-6-11-4-2-1-3-5-11/h1-10H,(H,19,20,21)/b9-6+. The number of amides is 1. The molecule has 0 aliphatic rings. The molecule has 2 rings (SSSR count). The third-order valence-electron chi connectivity index (χ3n) is 2.57. The molecule has 0 radical (unpaired) electrons. The van der Waals surface area contributed by atoms with E-state index in [0.29, 0.717) is 6.20 Å². The van der Waals surface area contributed by atoms with Crippen molar-refractivity contribution in [1.29, 1.82) is 0 Å². The van der Waals surface area contributed by atoms with Crippen molar-refractivity contribution in [1.82, 2.24) is 4.98 Å². The highest BCUT2D eigenvalue weighted by atomic mass is 19.4. The van der Waals surface area contributed by atoms with Gasteiger partial charge in [0, 0.05) is 12.3 Å². The second kappa shape index (κ2) is 6.21. The summed E-state index contributed by atoms with van der Waals surface area (Å²) in [4.78, 5) is 15.2. The first-order chi connectivity index (χ1) is 9.95. The highest BCUT2D eigenvalue weighted by Crippen LogP contribution is 2.28. The van der Waals surface area contributed by atoms with E-state index in [9.17, 15) is 18.0 Å². The first-order valence-electron chi connectivity index (χ1n) is 6.02. The molecule has 0 atom stereocenters. The van der Waals surface area contributed by atoms with Crippen molar-refractivity contribution in [2.45, 2.75) is 6.18 Å². The Bertz CT molecular complexity index is 634. The highest BCUT2D eigenvalue weighted by Gasteiger charge is 2.30. The molecular weight excluding hydrogens is 281 g/mol. The molecule has 0 saturated carbocycles. The minimum Gasteiger partial charge on any atom is -0.307 e. The number of carbonyl (C=O) groups excluding carboxylic acids is 1. The van der Waals surface area contributed by atoms with Crippen LogP contribution in [0.1, 0.15) is 11.1 Å². The molecule has 6 heteroatoms. The van der Waals surface area contributed by atoms with E-state index in [4.69, 9.17) is 0 Å². The van der Waals surface area contributed by atoms with Crippen LogP contribution in [0.25, 0.3) is 6.08 Å². The van der Waals surface area contributed by atoms with E-state index in [1.165, 1.54) is 6.08 Å². The molecule has 21 heavy (non-hydrogen) atoms. The van der Waals surface area contributed by atoms with Gasteiger partial charge >= 0.3 is 6.18 Å². The Morgan fingerprint density at radius 3 is 2.38 bits per heavy atom. The molecule has 0 bridgehead atoms. The lowest BCUT2D eigenvalue weighted by atomic mass is 10.2. The molecule has 1 aromatic heterocycles. The summed E-state index contributed by atoms with van der Waals surface area (Å²) in [7, 11) is 0. The van der Waals surface area contributed by atoms with Crippen molar-refractivity contribution in [2.24, 2.45) is 0 Å². The van der Waals surface area contributed by atoms with Gasteiger partial charge in [-0.15, -0.1) is 0 Å². The highest BCUT2D eigenvalue weighted by molar-refractivity contribution is 6.01. The van der Waals surface area contributed by atoms with E-state index in [0.717, 1.165) is 17.7 Å². The lowest BCUT2D eigenvalue weighted by molar-refractivity contribution is -0.137. The van der Waals surface area contributed by atoms with Crippen LogP contribution in [0.3, 0.4) is 0 Å². The second-order valence-electron chi connectivity index (χ2n) is 4.16. The van der Waals surface area contributed by atoms with Crippen LogP contribution in [0.4, 0.5) is 19.0 Å². The van der Waals surface area contributed by atoms with Gasteiger partial charge in [0.05, 0.1) is 5.56 Å². The molecule has 0 spiro atoms. The number of alkyl halides is 3. The number of aromatic nitrogens is 1. The summed E-state index contributed by atoms with van der Waals surface area (Å²) in [5.74, 6) is -0.406. The quantitative estimate of drug-likeness (QED) is 0.875. The Hall–Kier alpha value is -2.63. The number of halogens is 3. The fourth-order valence-electron chi connectivity index (χ4n) is 1.54. The van der Waals surface area contributed by atoms with E-state index >= 15 is 0 Å². The molecule has 0 aliphatic carbocycles. The number of anilines is 1. The van der Waals surface area contributed by atoms with E-state index in [1.807, 2.05) is 30.3 Å². The Morgan fingerprint density at radius 2 is 1.81 bits per heavy atom. The predicted molar refractivity (Wildman–Crippen MR) is 73.3 cm³/mol. The topological polar surface area (TPSA) is 42.0 Å². The molecule has 3 nitrogen and oxygen atoms in total. The molecule has 0 unspecified atom stereocenters. The van der Waals surface area contributed by atoms with Crippen molar-refractivity contribution < 1.29 is 18.0 Å². The Morgan fingerprint density at radius 1 is 1.10 bits per heavy atom. The minimum absolute atomic E-state index is 0.0608. The largest absolute Gasteiger partial charge is 0.417 e. The molecule has 0 aliphatic heterocycles. The SMILES string of the molecule is O=C(/C=C/c1ccccc1)Nc1ccc(C(F)(F)F)cn1. The average molecular weight is 292 g/mol. The third kappa shape index (κ3) is 4.45. The maximum absolute atomic E-state index is 12.4. The fraction of sp³-hybridized carbons (Fsp3) is 0.0667. The number of benzene rings is 1. The van der Waals surface area contributed by atoms with Gasteiger partial charge in [0.15, 0.2) is 0 Å². The van der Waals surface area contributed by atoms with Gasteiger partial charge in [-0.25, -0.2) is 4.98 Å². The number of nitrogens with zero attached hydrogens (tertiary/aromatic N) is 1. The smallest absolute Gasteiger partial charge is 0.307 e. The summed E-state index contributed by atoms with van der Waals surface area (Å²) in [6, 6.07) is 11.1. The number of hydrogen-bond donors (Lipinski definition) is 1. The van der Waals surface area contributed by atoms with E-state index in [-0.39, 0.29) is 5.82 Å². The summed E-state index contributed by atoms with van der Waals surface area (Å²) in [5.41, 5.74) is -0.0200. The molecule has 1 amide bonds. The normalized spacial score (nSPS) is 11.6. The molecule has 1 heterocycles. The van der Waals surface area contributed by atoms with Gasteiger partial charge in [-0.2, -0.15) is 13.2 Å². The van der Waals surface area contributed by atoms with Gasteiger partial charge in [-0.1, -0.05) is 30.3 Å². The van der Waals surface area contributed by atoms with Crippen LogP contribution >= 0.6 is 0 Å². The fourth-order valence-corrected chi connectivity index (χ4v) is 1.54. The van der Waals surface area contributed by atoms with Crippen molar-refractivity contribution in [3.05, 3.63) is 65.9 Å². The summed E-state index contributed by atoms with van der Waals surface area (Å²) in [6.45, 7) is 0. The van der Waals surface area contributed by atoms with Crippen LogP contribution < -0.4 is 5.32 Å². The van der Waals surface area contributed by atoms with Gasteiger partial charge in [0.25, 0.3) is 0 Å². The summed E-state index contributed by atoms with van der Waals surface area (Å²) in [5, 5.41) is 2.39. The predicted octanol–water partition coefficient (Wildman–Crippen LogP) is 3.75. The van der Waals surface area contributed by atoms with E-state index in [1.54, 1.807) is 6.08 Å². The first kappa shape index (κ1) is 14.8. The van der Waals surface area contributed by atoms with Crippen molar-refractivity contribution in [3.63, 3.8) is 0 Å². The van der Waals surface area contributed by atoms with Crippen molar-refractivity contribution in [2.75, 3.05) is 5.32 Å². The number of rotatable bonds is 3. The lowest BCUT2D eigenvalue weighted by Gasteiger charge is -2.06. The zero-order valence-corrected chi connectivity index (χ0v) is 10.8. The zero-order chi connectivity index (χ0) is 15.3. The summed E-state index contributed by atoms with van der Waals surface area (Å²) in [6.07, 6.45) is -0.882. The maximum Gasteiger partial charge on any atom is 0.417 e. The summed E-state index contributed by atoms with van der Waals surface area (Å²) < 4.78 is 37.1. The Kier molecular flexibility index (Phi) is 4.37. The van der Waals surface area contributed by atoms with Crippen LogP contribution in [0, 0.1) is 0 Å². The molecule has 1 N–H and O–H groups in total. The summed E-state index contributed by atoms with van der Waals surface area (Å²) >= 11 is 0. The van der Waals surface area contributed by atoms with Crippen molar-refractivity contribution in [3.8, 4) is 0 Å². The van der Waals surface area contributed by atoms with E-state index < -0.39 is 17.6 Å². The zero-order valence-electron chi connectivity index (χ0n) is 10.8. The average Bonchev–Trinajstić information content (AvgIpc) is 2.46. The van der Waals surface area contributed by atoms with Gasteiger partial charge in [-0.05, 0) is 23.8 Å². The number of carbonyl (C=O) groups is 1. The third-order valence-corrected chi connectivity index (χ3v) is 2.57. The molecular formula is C15H11F3N2O. The minimum atomic E-state index is -4.44. The van der Waals surface area contributed by atoms with Gasteiger partial charge in [0.2, 0.25) is 5.91 Å². The van der Waals surface area contributed by atoms with Gasteiger partial charge in [0.1, 0.15) is 5.82 Å². The maximum atomic E-state index is 12.4. The van der Waals surface area contributed by atoms with Gasteiger partial charge in [-0.3, -0.25) is 4.79 Å². The van der Waals surface area contributed by atoms with Crippen LogP contribution in [0.15, 0.2) is 54.7 Å². The van der Waals surface area contributed by atoms with Gasteiger partial charge < -0.3 is 5.32 Å². The molecule has 0 fully saturated rings. The number of nitrogens with one attached hydrogen (secondary N) is 1. The Labute approximate surface area is 119 Å². The Balaban J connectivity index is 1.98. The molecule has 108 valence electrons. The van der Waals surface area contributed by atoms with Crippen LogP contribution in [0.2, 0.25) is 0 Å². The van der Waals surface area contributed by atoms with Crippen LogP contribution in [-0.4, -0.2) is 10.9 Å². The lowest BCUT2D eigenvalue weighted by Crippen LogP contribution is -2.11. The number of hydrogen-bond acceptors (Lipinski definition) is 2. The van der Waals surface area contributed by atoms with Crippen LogP contribution in [-0.2, 0) is 11.0 Å². The second-order valence-corrected chi connectivity index (χ2v) is 4.16. The van der Waals surface area contributed by atoms with E-state index in [2.05, 4.69) is 10.3 Å². The monoisotopic (exact) mass is 292 g/mol. The van der Waals surface area contributed by atoms with Crippen molar-refractivity contribution >= 4 is 17.8 Å². The number of pyridine rings is 1. The molecule has 1 aromatic carbocycles. The van der Waals surface area contributed by atoms with Crippen LogP contribution in [0.5, 0.6) is 0 Å². The molecule has 2 aromatic rings. The molecule has 0 saturated heterocycles.